The normalized spacial score (nSPS) is 11.9. The standard InChI is InChI=1S/C25H28N2.C17H10Br2N2/c1-15(2)10-18-6-8-20-21-9-7-19(11-16(3)4)13-23(21)25-24(22(20)12-18)26-14-17(5)27-25;1-9-8-20-16-14-6-10(18)2-4-12(14)13-5-3-11(19)7-15(13)17(16)21-9/h6-9,12-16H,10-11H2,1-5H3;2-8H,1H3. The van der Waals surface area contributed by atoms with Gasteiger partial charge in [-0.2, -0.15) is 0 Å². The van der Waals surface area contributed by atoms with Crippen molar-refractivity contribution in [2.24, 2.45) is 11.8 Å². The van der Waals surface area contributed by atoms with Gasteiger partial charge in [-0.3, -0.25) is 9.97 Å². The van der Waals surface area contributed by atoms with Gasteiger partial charge < -0.3 is 0 Å². The Morgan fingerprint density at radius 1 is 0.458 bits per heavy atom. The van der Waals surface area contributed by atoms with Crippen molar-refractivity contribution in [2.75, 3.05) is 0 Å². The van der Waals surface area contributed by atoms with Crippen LogP contribution in [-0.4, -0.2) is 19.9 Å². The van der Waals surface area contributed by atoms with Crippen LogP contribution in [0.1, 0.15) is 50.2 Å². The fraction of sp³-hybridized carbons (Fsp3) is 0.238. The van der Waals surface area contributed by atoms with Gasteiger partial charge in [0.15, 0.2) is 0 Å². The first kappa shape index (κ1) is 32.5. The third kappa shape index (κ3) is 6.28. The molecule has 0 aliphatic rings. The molecule has 0 bridgehead atoms. The Balaban J connectivity index is 0.000000156. The van der Waals surface area contributed by atoms with Gasteiger partial charge in [-0.1, -0.05) is 96.0 Å². The van der Waals surface area contributed by atoms with Crippen LogP contribution in [0.25, 0.3) is 65.2 Å². The molecule has 8 aromatic rings. The van der Waals surface area contributed by atoms with E-state index in [0.717, 1.165) is 66.0 Å². The van der Waals surface area contributed by atoms with Crippen LogP contribution in [0.3, 0.4) is 0 Å². The highest BCUT2D eigenvalue weighted by Crippen LogP contribution is 2.37. The monoisotopic (exact) mass is 756 g/mol. The fourth-order valence-corrected chi connectivity index (χ4v) is 7.58. The third-order valence-electron chi connectivity index (χ3n) is 8.81. The van der Waals surface area contributed by atoms with Gasteiger partial charge in [0.05, 0.1) is 33.5 Å². The Morgan fingerprint density at radius 2 is 0.812 bits per heavy atom. The number of aromatic nitrogens is 4. The molecule has 0 N–H and O–H groups in total. The Hall–Kier alpha value is -4.00. The SMILES string of the molecule is Cc1cnc2c3cc(Br)ccc3c3ccc(Br)cc3c2n1.Cc1cnc2c3cc(CC(C)C)ccc3c3ccc(CC(C)C)cc3c2n1. The Labute approximate surface area is 298 Å². The number of hydrogen-bond donors (Lipinski definition) is 0. The minimum Gasteiger partial charge on any atom is -0.252 e. The van der Waals surface area contributed by atoms with Gasteiger partial charge in [-0.15, -0.1) is 0 Å². The molecule has 240 valence electrons. The summed E-state index contributed by atoms with van der Waals surface area (Å²) in [7, 11) is 0. The van der Waals surface area contributed by atoms with Crippen molar-refractivity contribution < 1.29 is 0 Å². The lowest BCUT2D eigenvalue weighted by Crippen LogP contribution is -1.97. The molecular weight excluding hydrogens is 720 g/mol. The summed E-state index contributed by atoms with van der Waals surface area (Å²) in [6.45, 7) is 13.1. The number of halogens is 2. The number of benzene rings is 6. The van der Waals surface area contributed by atoms with E-state index in [1.807, 2.05) is 26.2 Å². The van der Waals surface area contributed by atoms with Gasteiger partial charge in [0, 0.05) is 42.9 Å². The van der Waals surface area contributed by atoms with Gasteiger partial charge in [-0.25, -0.2) is 9.97 Å². The second kappa shape index (κ2) is 13.1. The predicted molar refractivity (Wildman–Crippen MR) is 211 cm³/mol. The Bertz CT molecular complexity index is 2520. The van der Waals surface area contributed by atoms with Crippen LogP contribution in [0.15, 0.2) is 94.1 Å². The molecule has 0 saturated heterocycles. The van der Waals surface area contributed by atoms with E-state index in [-0.39, 0.29) is 0 Å². The topological polar surface area (TPSA) is 51.6 Å². The third-order valence-corrected chi connectivity index (χ3v) is 9.79. The van der Waals surface area contributed by atoms with Gasteiger partial charge in [0.2, 0.25) is 0 Å². The fourth-order valence-electron chi connectivity index (χ4n) is 6.86. The molecule has 0 amide bonds. The summed E-state index contributed by atoms with van der Waals surface area (Å²) in [5.74, 6) is 1.28. The van der Waals surface area contributed by atoms with E-state index < -0.39 is 0 Å². The lowest BCUT2D eigenvalue weighted by atomic mass is 9.93. The molecule has 0 aliphatic heterocycles. The maximum absolute atomic E-state index is 4.90. The van der Waals surface area contributed by atoms with Crippen LogP contribution in [0.2, 0.25) is 0 Å². The molecule has 2 aromatic heterocycles. The van der Waals surface area contributed by atoms with Crippen molar-refractivity contribution in [3.63, 3.8) is 0 Å². The van der Waals surface area contributed by atoms with E-state index in [1.54, 1.807) is 0 Å². The second-order valence-electron chi connectivity index (χ2n) is 13.8. The summed E-state index contributed by atoms with van der Waals surface area (Å²) in [6.07, 6.45) is 5.89. The van der Waals surface area contributed by atoms with Crippen LogP contribution in [0.5, 0.6) is 0 Å². The van der Waals surface area contributed by atoms with E-state index in [9.17, 15) is 0 Å². The van der Waals surface area contributed by atoms with E-state index in [4.69, 9.17) is 15.0 Å². The maximum atomic E-state index is 4.90. The highest BCUT2D eigenvalue weighted by Gasteiger charge is 2.14. The number of aryl methyl sites for hydroxylation is 2. The molecular formula is C42H38Br2N4. The minimum atomic E-state index is 0.639. The summed E-state index contributed by atoms with van der Waals surface area (Å²) >= 11 is 7.11. The molecule has 4 nitrogen and oxygen atoms in total. The molecule has 0 radical (unpaired) electrons. The summed E-state index contributed by atoms with van der Waals surface area (Å²) in [5.41, 5.74) is 8.60. The lowest BCUT2D eigenvalue weighted by molar-refractivity contribution is 0.647. The highest BCUT2D eigenvalue weighted by atomic mass is 79.9. The van der Waals surface area contributed by atoms with Crippen molar-refractivity contribution in [1.82, 2.24) is 19.9 Å². The molecule has 6 aromatic carbocycles. The van der Waals surface area contributed by atoms with Crippen molar-refractivity contribution in [1.29, 1.82) is 0 Å². The van der Waals surface area contributed by atoms with E-state index >= 15 is 0 Å². The smallest absolute Gasteiger partial charge is 0.0975 e. The molecule has 6 heteroatoms. The summed E-state index contributed by atoms with van der Waals surface area (Å²) in [4.78, 5) is 19.1. The number of fused-ring (bicyclic) bond motifs is 12. The Morgan fingerprint density at radius 3 is 1.23 bits per heavy atom. The molecule has 0 fully saturated rings. The molecule has 2 heterocycles. The first-order valence-electron chi connectivity index (χ1n) is 16.6. The van der Waals surface area contributed by atoms with Gasteiger partial charge in [0.1, 0.15) is 0 Å². The molecule has 0 spiro atoms. The zero-order chi connectivity index (χ0) is 33.7. The molecule has 0 atom stereocenters. The number of nitrogens with zero attached hydrogens (tertiary/aromatic N) is 4. The molecule has 8 rings (SSSR count). The van der Waals surface area contributed by atoms with Crippen LogP contribution < -0.4 is 0 Å². The number of rotatable bonds is 4. The molecule has 0 saturated carbocycles. The van der Waals surface area contributed by atoms with Crippen LogP contribution in [0.4, 0.5) is 0 Å². The zero-order valence-corrected chi connectivity index (χ0v) is 31.4. The quantitative estimate of drug-likeness (QED) is 0.168. The van der Waals surface area contributed by atoms with Gasteiger partial charge in [0.25, 0.3) is 0 Å². The highest BCUT2D eigenvalue weighted by molar-refractivity contribution is 9.10. The van der Waals surface area contributed by atoms with E-state index in [2.05, 4.69) is 137 Å². The van der Waals surface area contributed by atoms with E-state index in [0.29, 0.717) is 11.8 Å². The first-order chi connectivity index (χ1) is 23.0. The minimum absolute atomic E-state index is 0.639. The summed E-state index contributed by atoms with van der Waals surface area (Å²) < 4.78 is 2.10. The predicted octanol–water partition coefficient (Wildman–Crippen LogP) is 12.4. The molecule has 0 unspecified atom stereocenters. The average molecular weight is 759 g/mol. The zero-order valence-electron chi connectivity index (χ0n) is 28.2. The van der Waals surface area contributed by atoms with Gasteiger partial charge >= 0.3 is 0 Å². The van der Waals surface area contributed by atoms with Crippen LogP contribution in [-0.2, 0) is 12.8 Å². The largest absolute Gasteiger partial charge is 0.252 e. The summed E-state index contributed by atoms with van der Waals surface area (Å²) in [6, 6.07) is 26.4. The second-order valence-corrected chi connectivity index (χ2v) is 15.6. The van der Waals surface area contributed by atoms with Crippen molar-refractivity contribution in [2.45, 2.75) is 54.4 Å². The Kier molecular flexibility index (Phi) is 8.90. The van der Waals surface area contributed by atoms with Crippen molar-refractivity contribution in [3.8, 4) is 0 Å². The van der Waals surface area contributed by atoms with Crippen molar-refractivity contribution in [3.05, 3.63) is 117 Å². The lowest BCUT2D eigenvalue weighted by Gasteiger charge is -2.13. The summed E-state index contributed by atoms with van der Waals surface area (Å²) in [5, 5.41) is 9.66. The van der Waals surface area contributed by atoms with Crippen molar-refractivity contribution >= 4 is 97.0 Å². The first-order valence-corrected chi connectivity index (χ1v) is 18.2. The van der Waals surface area contributed by atoms with Crippen LogP contribution in [0, 0.1) is 25.7 Å². The molecule has 0 aliphatic carbocycles. The van der Waals surface area contributed by atoms with Crippen LogP contribution >= 0.6 is 31.9 Å². The average Bonchev–Trinajstić information content (AvgIpc) is 3.04. The maximum Gasteiger partial charge on any atom is 0.0975 e. The van der Waals surface area contributed by atoms with Gasteiger partial charge in [-0.05, 0) is 108 Å². The van der Waals surface area contributed by atoms with E-state index in [1.165, 1.54) is 43.4 Å². The number of hydrogen-bond acceptors (Lipinski definition) is 4. The molecule has 48 heavy (non-hydrogen) atoms.